The standard InChI is InChI=1S/C21H19ClN2O3/c1-13-7-14(2)9-16(8-13)21(26)23-11-19(25)27-12-17-10-15-5-3-4-6-18(15)24-20(17)22/h3-10H,11-12H2,1-2H3,(H,23,26). The molecule has 0 aliphatic carbocycles. The summed E-state index contributed by atoms with van der Waals surface area (Å²) in [6.07, 6.45) is 0. The van der Waals surface area contributed by atoms with E-state index in [1.54, 1.807) is 12.1 Å². The number of nitrogens with one attached hydrogen (secondary N) is 1. The third-order valence-electron chi connectivity index (χ3n) is 4.02. The lowest BCUT2D eigenvalue weighted by molar-refractivity contribution is -0.143. The Hall–Kier alpha value is -2.92. The van der Waals surface area contributed by atoms with E-state index >= 15 is 0 Å². The highest BCUT2D eigenvalue weighted by Crippen LogP contribution is 2.21. The summed E-state index contributed by atoms with van der Waals surface area (Å²) in [6, 6.07) is 14.9. The minimum Gasteiger partial charge on any atom is -0.459 e. The summed E-state index contributed by atoms with van der Waals surface area (Å²) in [5, 5.41) is 3.78. The van der Waals surface area contributed by atoms with Crippen LogP contribution in [0.3, 0.4) is 0 Å². The summed E-state index contributed by atoms with van der Waals surface area (Å²) in [5.41, 5.74) is 3.88. The summed E-state index contributed by atoms with van der Waals surface area (Å²) in [6.45, 7) is 3.61. The number of pyridine rings is 1. The van der Waals surface area contributed by atoms with Crippen molar-refractivity contribution in [3.63, 3.8) is 0 Å². The van der Waals surface area contributed by atoms with Crippen LogP contribution in [0.1, 0.15) is 27.0 Å². The zero-order valence-corrected chi connectivity index (χ0v) is 15.8. The smallest absolute Gasteiger partial charge is 0.325 e. The molecule has 0 unspecified atom stereocenters. The van der Waals surface area contributed by atoms with E-state index in [1.807, 2.05) is 50.2 Å². The highest BCUT2D eigenvalue weighted by atomic mass is 35.5. The number of nitrogens with zero attached hydrogens (tertiary/aromatic N) is 1. The molecule has 2 aromatic carbocycles. The average Bonchev–Trinajstić information content (AvgIpc) is 2.63. The molecule has 1 heterocycles. The number of hydrogen-bond acceptors (Lipinski definition) is 4. The van der Waals surface area contributed by atoms with Crippen molar-refractivity contribution in [1.29, 1.82) is 0 Å². The second-order valence-electron chi connectivity index (χ2n) is 6.35. The first kappa shape index (κ1) is 18.9. The van der Waals surface area contributed by atoms with Crippen LogP contribution in [0.2, 0.25) is 5.15 Å². The van der Waals surface area contributed by atoms with Gasteiger partial charge in [-0.05, 0) is 38.1 Å². The molecule has 1 N–H and O–H groups in total. The molecule has 0 radical (unpaired) electrons. The molecule has 3 aromatic rings. The number of esters is 1. The summed E-state index contributed by atoms with van der Waals surface area (Å²) < 4.78 is 5.21. The number of halogens is 1. The Labute approximate surface area is 162 Å². The number of para-hydroxylation sites is 1. The molecule has 0 saturated heterocycles. The monoisotopic (exact) mass is 382 g/mol. The van der Waals surface area contributed by atoms with Crippen LogP contribution in [0.4, 0.5) is 0 Å². The molecule has 6 heteroatoms. The topological polar surface area (TPSA) is 68.3 Å². The predicted molar refractivity (Wildman–Crippen MR) is 105 cm³/mol. The minimum absolute atomic E-state index is 0.00504. The summed E-state index contributed by atoms with van der Waals surface area (Å²) in [5.74, 6) is -0.860. The van der Waals surface area contributed by atoms with Gasteiger partial charge >= 0.3 is 5.97 Å². The lowest BCUT2D eigenvalue weighted by atomic mass is 10.1. The van der Waals surface area contributed by atoms with Crippen molar-refractivity contribution in [2.45, 2.75) is 20.5 Å². The Morgan fingerprint density at radius 1 is 1.07 bits per heavy atom. The van der Waals surface area contributed by atoms with Crippen LogP contribution in [0, 0.1) is 13.8 Å². The van der Waals surface area contributed by atoms with Crippen molar-refractivity contribution in [3.05, 3.63) is 75.9 Å². The van der Waals surface area contributed by atoms with Crippen molar-refractivity contribution >= 4 is 34.4 Å². The number of rotatable bonds is 5. The molecule has 138 valence electrons. The number of carbonyl (C=O) groups is 2. The lowest BCUT2D eigenvalue weighted by Crippen LogP contribution is -2.30. The zero-order valence-electron chi connectivity index (χ0n) is 15.1. The summed E-state index contributed by atoms with van der Waals surface area (Å²) >= 11 is 6.15. The Kier molecular flexibility index (Phi) is 5.72. The van der Waals surface area contributed by atoms with Crippen LogP contribution < -0.4 is 5.32 Å². The van der Waals surface area contributed by atoms with Gasteiger partial charge in [0.1, 0.15) is 18.3 Å². The van der Waals surface area contributed by atoms with Crippen molar-refractivity contribution in [1.82, 2.24) is 10.3 Å². The zero-order chi connectivity index (χ0) is 19.4. The number of aromatic nitrogens is 1. The molecule has 5 nitrogen and oxygen atoms in total. The largest absolute Gasteiger partial charge is 0.459 e. The van der Waals surface area contributed by atoms with E-state index < -0.39 is 5.97 Å². The summed E-state index contributed by atoms with van der Waals surface area (Å²) in [7, 11) is 0. The van der Waals surface area contributed by atoms with E-state index in [4.69, 9.17) is 16.3 Å². The Balaban J connectivity index is 1.57. The third-order valence-corrected chi connectivity index (χ3v) is 4.34. The molecular weight excluding hydrogens is 364 g/mol. The second-order valence-corrected chi connectivity index (χ2v) is 6.71. The van der Waals surface area contributed by atoms with Crippen LogP contribution in [0.15, 0.2) is 48.5 Å². The fourth-order valence-electron chi connectivity index (χ4n) is 2.81. The molecule has 0 aliphatic heterocycles. The van der Waals surface area contributed by atoms with Gasteiger partial charge in [-0.1, -0.05) is 47.0 Å². The number of aryl methyl sites for hydroxylation is 2. The summed E-state index contributed by atoms with van der Waals surface area (Å²) in [4.78, 5) is 28.4. The van der Waals surface area contributed by atoms with Gasteiger partial charge in [0.05, 0.1) is 5.52 Å². The van der Waals surface area contributed by atoms with E-state index in [0.29, 0.717) is 16.3 Å². The molecule has 0 spiro atoms. The van der Waals surface area contributed by atoms with Gasteiger partial charge in [-0.25, -0.2) is 4.98 Å². The van der Waals surface area contributed by atoms with Crippen LogP contribution in [0.5, 0.6) is 0 Å². The number of fused-ring (bicyclic) bond motifs is 1. The van der Waals surface area contributed by atoms with Gasteiger partial charge in [0.2, 0.25) is 0 Å². The first-order valence-electron chi connectivity index (χ1n) is 8.48. The maximum Gasteiger partial charge on any atom is 0.325 e. The quantitative estimate of drug-likeness (QED) is 0.535. The third kappa shape index (κ3) is 4.83. The number of benzene rings is 2. The van der Waals surface area contributed by atoms with Crippen molar-refractivity contribution in [2.24, 2.45) is 0 Å². The van der Waals surface area contributed by atoms with E-state index in [1.165, 1.54) is 0 Å². The van der Waals surface area contributed by atoms with Crippen LogP contribution in [0.25, 0.3) is 10.9 Å². The highest BCUT2D eigenvalue weighted by Gasteiger charge is 2.12. The molecule has 0 bridgehead atoms. The molecule has 3 rings (SSSR count). The first-order valence-corrected chi connectivity index (χ1v) is 8.86. The molecule has 0 aliphatic rings. The van der Waals surface area contributed by atoms with Crippen molar-refractivity contribution in [2.75, 3.05) is 6.54 Å². The van der Waals surface area contributed by atoms with Crippen molar-refractivity contribution < 1.29 is 14.3 Å². The Morgan fingerprint density at radius 3 is 2.52 bits per heavy atom. The number of hydrogen-bond donors (Lipinski definition) is 1. The normalized spacial score (nSPS) is 10.6. The molecule has 1 aromatic heterocycles. The van der Waals surface area contributed by atoms with E-state index in [2.05, 4.69) is 10.3 Å². The maximum atomic E-state index is 12.2. The van der Waals surface area contributed by atoms with Gasteiger partial charge in [-0.2, -0.15) is 0 Å². The number of ether oxygens (including phenoxy) is 1. The first-order chi connectivity index (χ1) is 12.9. The Bertz CT molecular complexity index is 997. The van der Waals surface area contributed by atoms with Crippen LogP contribution in [-0.2, 0) is 16.1 Å². The molecule has 0 saturated carbocycles. The Morgan fingerprint density at radius 2 is 1.78 bits per heavy atom. The maximum absolute atomic E-state index is 12.2. The predicted octanol–water partition coefficient (Wildman–Crippen LogP) is 3.98. The van der Waals surface area contributed by atoms with Crippen LogP contribution >= 0.6 is 11.6 Å². The molecule has 0 fully saturated rings. The molecular formula is C21H19ClN2O3. The lowest BCUT2D eigenvalue weighted by Gasteiger charge is -2.09. The minimum atomic E-state index is -0.544. The highest BCUT2D eigenvalue weighted by molar-refractivity contribution is 6.30. The van der Waals surface area contributed by atoms with E-state index in [9.17, 15) is 9.59 Å². The van der Waals surface area contributed by atoms with Gasteiger partial charge < -0.3 is 10.1 Å². The van der Waals surface area contributed by atoms with Crippen LogP contribution in [-0.4, -0.2) is 23.4 Å². The number of carbonyl (C=O) groups excluding carboxylic acids is 2. The van der Waals surface area contributed by atoms with Gasteiger partial charge in [-0.15, -0.1) is 0 Å². The van der Waals surface area contributed by atoms with Crippen molar-refractivity contribution in [3.8, 4) is 0 Å². The second kappa shape index (κ2) is 8.18. The number of amides is 1. The van der Waals surface area contributed by atoms with Gasteiger partial charge in [0.25, 0.3) is 5.91 Å². The molecule has 1 amide bonds. The molecule has 27 heavy (non-hydrogen) atoms. The SMILES string of the molecule is Cc1cc(C)cc(C(=O)NCC(=O)OCc2cc3ccccc3nc2Cl)c1. The van der Waals surface area contributed by atoms with Gasteiger partial charge in [0.15, 0.2) is 0 Å². The van der Waals surface area contributed by atoms with Gasteiger partial charge in [0, 0.05) is 16.5 Å². The van der Waals surface area contributed by atoms with E-state index in [0.717, 1.165) is 22.0 Å². The molecule has 0 atom stereocenters. The average molecular weight is 383 g/mol. The fourth-order valence-corrected chi connectivity index (χ4v) is 3.01. The fraction of sp³-hybridized carbons (Fsp3) is 0.190. The van der Waals surface area contributed by atoms with E-state index in [-0.39, 0.29) is 19.1 Å². The van der Waals surface area contributed by atoms with Gasteiger partial charge in [-0.3, -0.25) is 9.59 Å².